The Morgan fingerprint density at radius 1 is 0.923 bits per heavy atom. The number of halogens is 2. The van der Waals surface area contributed by atoms with Crippen molar-refractivity contribution in [1.29, 1.82) is 4.78 Å². The van der Waals surface area contributed by atoms with Gasteiger partial charge in [-0.1, -0.05) is 0 Å². The van der Waals surface area contributed by atoms with Gasteiger partial charge in [-0.15, -0.1) is 7.77 Å². The van der Waals surface area contributed by atoms with Gasteiger partial charge in [0.25, 0.3) is 11.5 Å². The average molecular weight is 215 g/mol. The summed E-state index contributed by atoms with van der Waals surface area (Å²) < 4.78 is 26.6. The van der Waals surface area contributed by atoms with Crippen LogP contribution in [0.2, 0.25) is 0 Å². The molecule has 0 aromatic heterocycles. The number of hydrogen-bond donors (Lipinski definition) is 1. The van der Waals surface area contributed by atoms with E-state index < -0.39 is 11.5 Å². The summed E-state index contributed by atoms with van der Waals surface area (Å²) in [6, 6.07) is 0. The molecule has 0 unspecified atom stereocenters. The van der Waals surface area contributed by atoms with Crippen LogP contribution in [0.1, 0.15) is 27.7 Å². The quantitative estimate of drug-likeness (QED) is 0.697. The molecule has 2 nitrogen and oxygen atoms in total. The maximum Gasteiger partial charge on any atom is 0.258 e. The second-order valence-corrected chi connectivity index (χ2v) is 3.24. The zero-order valence-electron chi connectivity index (χ0n) is 8.94. The summed E-state index contributed by atoms with van der Waals surface area (Å²) in [6.07, 6.45) is 0. The van der Waals surface area contributed by atoms with Gasteiger partial charge in [0, 0.05) is 0 Å². The summed E-state index contributed by atoms with van der Waals surface area (Å²) in [5.41, 5.74) is 0. The number of rotatable bonds is 4. The van der Waals surface area contributed by atoms with Gasteiger partial charge in [-0.2, -0.15) is 0 Å². The molecule has 0 aromatic rings. The summed E-state index contributed by atoms with van der Waals surface area (Å²) in [5.74, 6) is 0. The van der Waals surface area contributed by atoms with E-state index in [1.807, 2.05) is 0 Å². The molecule has 13 heavy (non-hydrogen) atoms. The first-order valence-corrected chi connectivity index (χ1v) is 5.63. The van der Waals surface area contributed by atoms with Gasteiger partial charge in [-0.25, -0.2) is 4.78 Å². The van der Waals surface area contributed by atoms with Crippen molar-refractivity contribution in [3.05, 3.63) is 0 Å². The van der Waals surface area contributed by atoms with Crippen LogP contribution >= 0.6 is 0 Å². The summed E-state index contributed by atoms with van der Waals surface area (Å²) >= 11 is -3.11. The van der Waals surface area contributed by atoms with Crippen molar-refractivity contribution in [2.45, 2.75) is 27.7 Å². The topological polar surface area (TPSA) is 23.9 Å². The predicted molar refractivity (Wildman–Crippen MR) is 54.7 cm³/mol. The fourth-order valence-corrected chi connectivity index (χ4v) is 1.34. The number of hydrogen-bond acceptors (Lipinski definition) is 1. The van der Waals surface area contributed by atoms with Crippen LogP contribution in [0.4, 0.5) is 7.77 Å². The summed E-state index contributed by atoms with van der Waals surface area (Å²) in [6.45, 7) is 14.2. The fourth-order valence-electron chi connectivity index (χ4n) is 1.34. The van der Waals surface area contributed by atoms with Crippen LogP contribution in [-0.4, -0.2) is 30.7 Å². The summed E-state index contributed by atoms with van der Waals surface area (Å²) in [4.78, 5) is 0. The van der Waals surface area contributed by atoms with Crippen molar-refractivity contribution in [3.63, 3.8) is 0 Å². The molecule has 0 heterocycles. The van der Waals surface area contributed by atoms with E-state index >= 15 is 0 Å². The highest BCUT2D eigenvalue weighted by atomic mass is 32.2. The van der Waals surface area contributed by atoms with Crippen molar-refractivity contribution in [1.82, 2.24) is 0 Å². The van der Waals surface area contributed by atoms with Gasteiger partial charge in [0.1, 0.15) is 0 Å². The molecule has 0 amide bonds. The van der Waals surface area contributed by atoms with E-state index in [4.69, 9.17) is 4.78 Å². The van der Waals surface area contributed by atoms with Crippen LogP contribution in [0.3, 0.4) is 0 Å². The Morgan fingerprint density at radius 3 is 1.08 bits per heavy atom. The third-order valence-corrected chi connectivity index (χ3v) is 2.68. The largest absolute Gasteiger partial charge is 0.325 e. The Hall–Kier alpha value is -0.0300. The van der Waals surface area contributed by atoms with E-state index in [1.165, 1.54) is 30.7 Å². The Balaban J connectivity index is 0. The van der Waals surface area contributed by atoms with Gasteiger partial charge in [0.2, 0.25) is 0 Å². The van der Waals surface area contributed by atoms with Crippen molar-refractivity contribution in [2.24, 2.45) is 0 Å². The number of nitrogens with one attached hydrogen (secondary N) is 1. The Labute approximate surface area is 83.0 Å². The predicted octanol–water partition coefficient (Wildman–Crippen LogP) is 3.02. The third kappa shape index (κ3) is 8.30. The minimum Gasteiger partial charge on any atom is -0.325 e. The molecule has 0 aliphatic carbocycles. The van der Waals surface area contributed by atoms with Crippen LogP contribution in [-0.2, 0) is 11.5 Å². The molecule has 0 saturated heterocycles. The summed E-state index contributed by atoms with van der Waals surface area (Å²) in [5, 5.41) is 0. The lowest BCUT2D eigenvalue weighted by molar-refractivity contribution is -0.921. The SMILES string of the molecule is CC[N+](CC)(CC)CC.N=S(F)F. The second kappa shape index (κ2) is 8.56. The first-order valence-electron chi connectivity index (χ1n) is 4.61. The lowest BCUT2D eigenvalue weighted by Gasteiger charge is -2.34. The maximum atomic E-state index is 10.0. The van der Waals surface area contributed by atoms with Crippen molar-refractivity contribution in [3.8, 4) is 0 Å². The highest BCUT2D eigenvalue weighted by Crippen LogP contribution is 2.03. The molecule has 0 aliphatic rings. The smallest absolute Gasteiger partial charge is 0.258 e. The minimum absolute atomic E-state index is 1.28. The van der Waals surface area contributed by atoms with Crippen molar-refractivity contribution >= 4 is 11.5 Å². The Bertz CT molecular complexity index is 117. The molecule has 0 fully saturated rings. The average Bonchev–Trinajstić information content (AvgIpc) is 2.09. The van der Waals surface area contributed by atoms with E-state index in [1.54, 1.807) is 0 Å². The molecule has 0 spiro atoms. The Kier molecular flexibility index (Phi) is 10.2. The zero-order chi connectivity index (χ0) is 10.9. The van der Waals surface area contributed by atoms with Crippen LogP contribution in [0, 0.1) is 4.78 Å². The normalized spacial score (nSPS) is 11.0. The van der Waals surface area contributed by atoms with Gasteiger partial charge in [0.15, 0.2) is 0 Å². The highest BCUT2D eigenvalue weighted by Gasteiger charge is 2.16. The monoisotopic (exact) mass is 215 g/mol. The standard InChI is InChI=1S/C8H20N.F2HNS/c1-5-9(6-2,7-3)8-4;1-4(2)3/h5-8H2,1-4H3;3H/q+1;. The lowest BCUT2D eigenvalue weighted by Crippen LogP contribution is -2.47. The van der Waals surface area contributed by atoms with E-state index in [0.717, 1.165) is 0 Å². The first-order chi connectivity index (χ1) is 5.97. The summed E-state index contributed by atoms with van der Waals surface area (Å²) in [7, 11) is 0. The van der Waals surface area contributed by atoms with E-state index in [-0.39, 0.29) is 0 Å². The molecule has 5 heteroatoms. The number of nitrogens with zero attached hydrogens (tertiary/aromatic N) is 1. The lowest BCUT2D eigenvalue weighted by atomic mass is 10.3. The van der Waals surface area contributed by atoms with Crippen LogP contribution < -0.4 is 0 Å². The van der Waals surface area contributed by atoms with Gasteiger partial charge in [-0.3, -0.25) is 0 Å². The molecule has 0 radical (unpaired) electrons. The van der Waals surface area contributed by atoms with Gasteiger partial charge in [-0.05, 0) is 27.7 Å². The fraction of sp³-hybridized carbons (Fsp3) is 1.00. The third-order valence-electron chi connectivity index (χ3n) is 2.68. The molecule has 0 saturated carbocycles. The van der Waals surface area contributed by atoms with Crippen LogP contribution in [0.5, 0.6) is 0 Å². The molecule has 0 bridgehead atoms. The molecule has 0 atom stereocenters. The Morgan fingerprint density at radius 2 is 1.08 bits per heavy atom. The zero-order valence-corrected chi connectivity index (χ0v) is 9.76. The molecule has 0 aliphatic heterocycles. The number of quaternary nitrogens is 1. The van der Waals surface area contributed by atoms with Crippen LogP contribution in [0.25, 0.3) is 0 Å². The van der Waals surface area contributed by atoms with Crippen LogP contribution in [0.15, 0.2) is 0 Å². The van der Waals surface area contributed by atoms with E-state index in [9.17, 15) is 7.77 Å². The van der Waals surface area contributed by atoms with E-state index in [0.29, 0.717) is 0 Å². The highest BCUT2D eigenvalue weighted by molar-refractivity contribution is 7.75. The molecule has 1 N–H and O–H groups in total. The van der Waals surface area contributed by atoms with Gasteiger partial charge < -0.3 is 4.48 Å². The second-order valence-electron chi connectivity index (χ2n) is 2.82. The van der Waals surface area contributed by atoms with E-state index in [2.05, 4.69) is 27.7 Å². The first kappa shape index (κ1) is 15.4. The van der Waals surface area contributed by atoms with Crippen molar-refractivity contribution < 1.29 is 12.3 Å². The molecular weight excluding hydrogens is 194 g/mol. The molecule has 0 rings (SSSR count). The molecule has 82 valence electrons. The maximum absolute atomic E-state index is 10.0. The minimum atomic E-state index is -3.11. The van der Waals surface area contributed by atoms with Gasteiger partial charge >= 0.3 is 0 Å². The molecular formula is C8H21F2N2S+. The van der Waals surface area contributed by atoms with Crippen molar-refractivity contribution in [2.75, 3.05) is 26.2 Å². The molecule has 0 aromatic carbocycles. The van der Waals surface area contributed by atoms with Gasteiger partial charge in [0.05, 0.1) is 26.2 Å².